The van der Waals surface area contributed by atoms with Gasteiger partial charge in [-0.2, -0.15) is 0 Å². The van der Waals surface area contributed by atoms with Crippen LogP contribution in [-0.2, 0) is 27.7 Å². The van der Waals surface area contributed by atoms with Crippen molar-refractivity contribution in [3.05, 3.63) is 59.7 Å². The Balaban J connectivity index is 2.15. The third-order valence-corrected chi connectivity index (χ3v) is 4.62. The Labute approximate surface area is 130 Å². The molecule has 22 heavy (non-hydrogen) atoms. The quantitative estimate of drug-likeness (QED) is 0.854. The summed E-state index contributed by atoms with van der Waals surface area (Å²) < 4.78 is 27.1. The largest absolute Gasteiger partial charge is 0.369 e. The van der Waals surface area contributed by atoms with Gasteiger partial charge in [0.25, 0.3) is 10.0 Å². The zero-order valence-corrected chi connectivity index (χ0v) is 13.1. The maximum Gasteiger partial charge on any atom is 0.261 e. The summed E-state index contributed by atoms with van der Waals surface area (Å²) in [7, 11) is -3.62. The van der Waals surface area contributed by atoms with Gasteiger partial charge in [-0.15, -0.1) is 0 Å². The van der Waals surface area contributed by atoms with Crippen LogP contribution in [0.4, 0.5) is 5.69 Å². The van der Waals surface area contributed by atoms with Crippen LogP contribution in [-0.4, -0.2) is 14.3 Å². The molecule has 5 nitrogen and oxygen atoms in total. The molecule has 0 aromatic heterocycles. The molecule has 0 unspecified atom stereocenters. The molecule has 2 aromatic rings. The fourth-order valence-corrected chi connectivity index (χ4v) is 3.07. The van der Waals surface area contributed by atoms with Crippen molar-refractivity contribution in [1.29, 1.82) is 0 Å². The van der Waals surface area contributed by atoms with Gasteiger partial charge in [-0.3, -0.25) is 9.52 Å². The van der Waals surface area contributed by atoms with Gasteiger partial charge < -0.3 is 5.73 Å². The number of nitrogens with one attached hydrogen (secondary N) is 1. The van der Waals surface area contributed by atoms with E-state index in [9.17, 15) is 13.2 Å². The number of amides is 1. The Morgan fingerprint density at radius 2 is 1.55 bits per heavy atom. The van der Waals surface area contributed by atoms with Crippen molar-refractivity contribution < 1.29 is 13.2 Å². The smallest absolute Gasteiger partial charge is 0.261 e. The summed E-state index contributed by atoms with van der Waals surface area (Å²) >= 11 is 0. The molecule has 0 bridgehead atoms. The first-order valence-corrected chi connectivity index (χ1v) is 8.38. The maximum atomic E-state index is 12.3. The molecular formula is C16H18N2O3S. The zero-order chi connectivity index (χ0) is 16.2. The molecule has 2 rings (SSSR count). The van der Waals surface area contributed by atoms with Crippen molar-refractivity contribution >= 4 is 21.6 Å². The molecule has 0 saturated carbocycles. The lowest BCUT2D eigenvalue weighted by Crippen LogP contribution is -2.14. The van der Waals surface area contributed by atoms with E-state index in [1.807, 2.05) is 6.92 Å². The van der Waals surface area contributed by atoms with E-state index in [-0.39, 0.29) is 11.3 Å². The predicted molar refractivity (Wildman–Crippen MR) is 86.0 cm³/mol. The molecule has 1 amide bonds. The van der Waals surface area contributed by atoms with Crippen molar-refractivity contribution in [3.8, 4) is 0 Å². The normalized spacial score (nSPS) is 11.1. The lowest BCUT2D eigenvalue weighted by atomic mass is 10.1. The highest BCUT2D eigenvalue weighted by Crippen LogP contribution is 2.17. The Morgan fingerprint density at radius 1 is 1.00 bits per heavy atom. The standard InChI is InChI=1S/C16H18N2O3S/c1-2-12-5-9-15(10-6-12)22(20,21)18-14-7-3-13(4-8-14)11-16(17)19/h3-10,18H,2,11H2,1H3,(H2,17,19). The monoisotopic (exact) mass is 318 g/mol. The van der Waals surface area contributed by atoms with E-state index < -0.39 is 15.9 Å². The molecule has 116 valence electrons. The third kappa shape index (κ3) is 4.08. The molecule has 3 N–H and O–H groups in total. The minimum Gasteiger partial charge on any atom is -0.369 e. The Hall–Kier alpha value is -2.34. The van der Waals surface area contributed by atoms with Gasteiger partial charge in [-0.05, 0) is 41.8 Å². The summed E-state index contributed by atoms with van der Waals surface area (Å²) in [5.41, 5.74) is 7.37. The highest BCUT2D eigenvalue weighted by molar-refractivity contribution is 7.92. The number of nitrogens with two attached hydrogens (primary N) is 1. The Kier molecular flexibility index (Phi) is 4.82. The predicted octanol–water partition coefficient (Wildman–Crippen LogP) is 2.08. The van der Waals surface area contributed by atoms with E-state index in [1.165, 1.54) is 0 Å². The molecule has 0 aliphatic heterocycles. The van der Waals surface area contributed by atoms with E-state index in [1.54, 1.807) is 48.5 Å². The number of primary amides is 1. The SMILES string of the molecule is CCc1ccc(S(=O)(=O)Nc2ccc(CC(N)=O)cc2)cc1. The second-order valence-corrected chi connectivity index (χ2v) is 6.63. The maximum absolute atomic E-state index is 12.3. The number of sulfonamides is 1. The molecule has 0 fully saturated rings. The minimum atomic E-state index is -3.62. The highest BCUT2D eigenvalue weighted by atomic mass is 32.2. The van der Waals surface area contributed by atoms with Crippen molar-refractivity contribution in [2.24, 2.45) is 5.73 Å². The number of carbonyl (C=O) groups is 1. The van der Waals surface area contributed by atoms with Crippen molar-refractivity contribution in [1.82, 2.24) is 0 Å². The highest BCUT2D eigenvalue weighted by Gasteiger charge is 2.13. The van der Waals surface area contributed by atoms with Crippen LogP contribution in [0.1, 0.15) is 18.1 Å². The van der Waals surface area contributed by atoms with E-state index in [0.717, 1.165) is 17.5 Å². The minimum absolute atomic E-state index is 0.130. The van der Waals surface area contributed by atoms with E-state index in [2.05, 4.69) is 4.72 Å². The number of hydrogen-bond donors (Lipinski definition) is 2. The topological polar surface area (TPSA) is 89.3 Å². The van der Waals surface area contributed by atoms with Crippen LogP contribution in [0, 0.1) is 0 Å². The van der Waals surface area contributed by atoms with Crippen LogP contribution in [0.5, 0.6) is 0 Å². The van der Waals surface area contributed by atoms with Crippen LogP contribution < -0.4 is 10.5 Å². The van der Waals surface area contributed by atoms with Crippen LogP contribution in [0.25, 0.3) is 0 Å². The average molecular weight is 318 g/mol. The van der Waals surface area contributed by atoms with E-state index in [4.69, 9.17) is 5.73 Å². The lowest BCUT2D eigenvalue weighted by molar-refractivity contribution is -0.117. The van der Waals surface area contributed by atoms with Gasteiger partial charge in [-0.25, -0.2) is 8.42 Å². The van der Waals surface area contributed by atoms with Gasteiger partial charge in [0.2, 0.25) is 5.91 Å². The Bertz CT molecular complexity index is 751. The zero-order valence-electron chi connectivity index (χ0n) is 12.2. The van der Waals surface area contributed by atoms with Gasteiger partial charge >= 0.3 is 0 Å². The van der Waals surface area contributed by atoms with Crippen LogP contribution in [0.2, 0.25) is 0 Å². The van der Waals surface area contributed by atoms with Crippen LogP contribution >= 0.6 is 0 Å². The molecule has 0 spiro atoms. The number of carbonyl (C=O) groups excluding carboxylic acids is 1. The first-order valence-electron chi connectivity index (χ1n) is 6.89. The van der Waals surface area contributed by atoms with Gasteiger partial charge in [0.05, 0.1) is 11.3 Å². The number of hydrogen-bond acceptors (Lipinski definition) is 3. The second-order valence-electron chi connectivity index (χ2n) is 4.94. The molecule has 0 heterocycles. The fraction of sp³-hybridized carbons (Fsp3) is 0.188. The van der Waals surface area contributed by atoms with Gasteiger partial charge in [0.1, 0.15) is 0 Å². The molecular weight excluding hydrogens is 300 g/mol. The molecule has 2 aromatic carbocycles. The molecule has 0 aliphatic rings. The van der Waals surface area contributed by atoms with Crippen molar-refractivity contribution in [3.63, 3.8) is 0 Å². The Morgan fingerprint density at radius 3 is 2.05 bits per heavy atom. The summed E-state index contributed by atoms with van der Waals surface area (Å²) in [6, 6.07) is 13.3. The van der Waals surface area contributed by atoms with E-state index >= 15 is 0 Å². The van der Waals surface area contributed by atoms with Crippen molar-refractivity contribution in [2.75, 3.05) is 4.72 Å². The number of anilines is 1. The molecule has 0 aliphatic carbocycles. The first kappa shape index (κ1) is 16.0. The average Bonchev–Trinajstić information content (AvgIpc) is 2.48. The summed E-state index contributed by atoms with van der Waals surface area (Å²) in [5.74, 6) is -0.427. The van der Waals surface area contributed by atoms with Gasteiger partial charge in [0, 0.05) is 5.69 Å². The van der Waals surface area contributed by atoms with Crippen LogP contribution in [0.15, 0.2) is 53.4 Å². The second kappa shape index (κ2) is 6.62. The van der Waals surface area contributed by atoms with Crippen LogP contribution in [0.3, 0.4) is 0 Å². The summed E-state index contributed by atoms with van der Waals surface area (Å²) in [5, 5.41) is 0. The molecule has 0 atom stereocenters. The van der Waals surface area contributed by atoms with Gasteiger partial charge in [-0.1, -0.05) is 31.2 Å². The lowest BCUT2D eigenvalue weighted by Gasteiger charge is -2.09. The summed E-state index contributed by atoms with van der Waals surface area (Å²) in [4.78, 5) is 11.0. The summed E-state index contributed by atoms with van der Waals surface area (Å²) in [6.07, 6.45) is 0.987. The molecule has 0 saturated heterocycles. The first-order chi connectivity index (χ1) is 10.4. The van der Waals surface area contributed by atoms with E-state index in [0.29, 0.717) is 5.69 Å². The van der Waals surface area contributed by atoms with Crippen molar-refractivity contribution in [2.45, 2.75) is 24.7 Å². The van der Waals surface area contributed by atoms with Gasteiger partial charge in [0.15, 0.2) is 0 Å². The fourth-order valence-electron chi connectivity index (χ4n) is 2.01. The number of benzene rings is 2. The third-order valence-electron chi connectivity index (χ3n) is 3.23. The molecule has 0 radical (unpaired) electrons. The summed E-state index contributed by atoms with van der Waals surface area (Å²) in [6.45, 7) is 2.01. The number of aryl methyl sites for hydroxylation is 1. The number of rotatable bonds is 6. The molecule has 6 heteroatoms.